The maximum atomic E-state index is 10.3. The number of carbonyl (C=O) groups is 1. The van der Waals surface area contributed by atoms with Crippen LogP contribution in [0.1, 0.15) is 6.92 Å². The van der Waals surface area contributed by atoms with Gasteiger partial charge in [0.25, 0.3) is 0 Å². The van der Waals surface area contributed by atoms with E-state index in [1.54, 1.807) is 0 Å². The van der Waals surface area contributed by atoms with Crippen LogP contribution in [0.25, 0.3) is 0 Å². The summed E-state index contributed by atoms with van der Waals surface area (Å²) in [6.07, 6.45) is 0. The second-order valence-electron chi connectivity index (χ2n) is 1.81. The van der Waals surface area contributed by atoms with Gasteiger partial charge in [0.1, 0.15) is 0 Å². The van der Waals surface area contributed by atoms with E-state index in [4.69, 9.17) is 9.42 Å². The molecule has 0 saturated heterocycles. The number of rotatable bonds is 4. The van der Waals surface area contributed by atoms with E-state index < -0.39 is 5.69 Å². The minimum Gasteiger partial charge on any atom is -0.354 e. The molecule has 1 amide bonds. The molecule has 4 nitrogen and oxygen atoms in total. The summed E-state index contributed by atoms with van der Waals surface area (Å²) < 4.78 is 4.71. The van der Waals surface area contributed by atoms with Crippen molar-refractivity contribution in [3.8, 4) is 0 Å². The van der Waals surface area contributed by atoms with Crippen LogP contribution in [0.4, 0.5) is 0 Å². The lowest BCUT2D eigenvalue weighted by Gasteiger charge is -2.08. The van der Waals surface area contributed by atoms with Crippen LogP contribution >= 0.6 is 17.9 Å². The normalized spacial score (nSPS) is 15.5. The Kier molecular flexibility index (Phi) is 5.29. The van der Waals surface area contributed by atoms with E-state index in [-0.39, 0.29) is 12.5 Å². The molecule has 1 unspecified atom stereocenters. The Bertz CT molecular complexity index is 180. The first-order valence-corrected chi connectivity index (χ1v) is 6.69. The summed E-state index contributed by atoms with van der Waals surface area (Å²) in [5, 5.41) is 2.48. The lowest BCUT2D eigenvalue weighted by molar-refractivity contribution is -0.119. The van der Waals surface area contributed by atoms with Gasteiger partial charge in [-0.05, 0) is 11.8 Å². The third-order valence-corrected chi connectivity index (χ3v) is 1.92. The van der Waals surface area contributed by atoms with Crippen molar-refractivity contribution in [3.05, 3.63) is 0 Å². The Morgan fingerprint density at radius 3 is 2.82 bits per heavy atom. The second-order valence-corrected chi connectivity index (χ2v) is 6.97. The number of carbonyl (C=O) groups excluding carboxylic acids is 1. The number of hydrogen-bond acceptors (Lipinski definition) is 3. The largest absolute Gasteiger partial charge is 0.354 e. The Morgan fingerprint density at radius 1 is 1.91 bits per heavy atom. The van der Waals surface area contributed by atoms with Gasteiger partial charge in [0.05, 0.1) is 6.61 Å². The lowest BCUT2D eigenvalue weighted by atomic mass is 10.6. The van der Waals surface area contributed by atoms with E-state index >= 15 is 0 Å². The Hall–Kier alpha value is 0.390. The Balaban J connectivity index is 3.29. The van der Waals surface area contributed by atoms with Crippen LogP contribution < -0.4 is 5.32 Å². The minimum atomic E-state index is -2.85. The SMILES string of the molecule is CC(=O)NCCOP(O)(=S)S. The Labute approximate surface area is 75.7 Å². The monoisotopic (exact) mass is 215 g/mol. The van der Waals surface area contributed by atoms with E-state index in [9.17, 15) is 4.79 Å². The standard InChI is InChI=1S/C4H10NO3PS2/c1-4(6)5-2-3-8-9(7,10)11/h2-3H2,1H3,(H,5,6)(H2,7,10,11). The van der Waals surface area contributed by atoms with Gasteiger partial charge in [-0.1, -0.05) is 12.2 Å². The van der Waals surface area contributed by atoms with Crippen LogP contribution in [0.5, 0.6) is 0 Å². The summed E-state index contributed by atoms with van der Waals surface area (Å²) in [6.45, 7) is 1.93. The van der Waals surface area contributed by atoms with Crippen molar-refractivity contribution in [3.63, 3.8) is 0 Å². The van der Waals surface area contributed by atoms with Gasteiger partial charge in [0, 0.05) is 13.5 Å². The molecule has 0 spiro atoms. The zero-order valence-corrected chi connectivity index (χ0v) is 8.59. The fourth-order valence-corrected chi connectivity index (χ4v) is 1.19. The van der Waals surface area contributed by atoms with Crippen molar-refractivity contribution >= 4 is 35.7 Å². The molecule has 7 heteroatoms. The van der Waals surface area contributed by atoms with E-state index in [0.717, 1.165) is 0 Å². The molecule has 0 aromatic rings. The average molecular weight is 215 g/mol. The molecule has 0 aliphatic rings. The predicted octanol–water partition coefficient (Wildman–Crippen LogP) is 0.286. The summed E-state index contributed by atoms with van der Waals surface area (Å²) in [4.78, 5) is 19.1. The second kappa shape index (κ2) is 5.11. The first-order chi connectivity index (χ1) is 4.92. The molecule has 0 fully saturated rings. The van der Waals surface area contributed by atoms with Gasteiger partial charge in [0.2, 0.25) is 11.6 Å². The summed E-state index contributed by atoms with van der Waals surface area (Å²) in [5.74, 6) is -0.140. The molecule has 11 heavy (non-hydrogen) atoms. The maximum absolute atomic E-state index is 10.3. The highest BCUT2D eigenvalue weighted by Gasteiger charge is 2.04. The van der Waals surface area contributed by atoms with Crippen LogP contribution in [0.3, 0.4) is 0 Å². The molecular weight excluding hydrogens is 205 g/mol. The van der Waals surface area contributed by atoms with Crippen LogP contribution in [0.15, 0.2) is 0 Å². The van der Waals surface area contributed by atoms with Crippen molar-refractivity contribution in [2.45, 2.75) is 6.92 Å². The van der Waals surface area contributed by atoms with E-state index in [1.807, 2.05) is 0 Å². The molecule has 0 aliphatic carbocycles. The van der Waals surface area contributed by atoms with Gasteiger partial charge < -0.3 is 14.7 Å². The molecule has 0 heterocycles. The number of amides is 1. The summed E-state index contributed by atoms with van der Waals surface area (Å²) in [6, 6.07) is 0. The van der Waals surface area contributed by atoms with Crippen molar-refractivity contribution in [2.75, 3.05) is 13.2 Å². The molecule has 0 rings (SSSR count). The van der Waals surface area contributed by atoms with Gasteiger partial charge in [-0.2, -0.15) is 0 Å². The molecule has 66 valence electrons. The highest BCUT2D eigenvalue weighted by atomic mass is 32.9. The highest BCUT2D eigenvalue weighted by Crippen LogP contribution is 2.46. The van der Waals surface area contributed by atoms with Crippen LogP contribution in [-0.4, -0.2) is 24.0 Å². The van der Waals surface area contributed by atoms with E-state index in [2.05, 4.69) is 29.4 Å². The Morgan fingerprint density at radius 2 is 2.45 bits per heavy atom. The first-order valence-electron chi connectivity index (χ1n) is 2.86. The van der Waals surface area contributed by atoms with Crippen LogP contribution in [-0.2, 0) is 21.1 Å². The molecule has 0 aromatic carbocycles. The van der Waals surface area contributed by atoms with Crippen molar-refractivity contribution in [1.29, 1.82) is 0 Å². The zero-order valence-electron chi connectivity index (χ0n) is 5.98. The van der Waals surface area contributed by atoms with Gasteiger partial charge >= 0.3 is 0 Å². The average Bonchev–Trinajstić information content (AvgIpc) is 1.78. The van der Waals surface area contributed by atoms with Gasteiger partial charge in [-0.25, -0.2) is 0 Å². The third kappa shape index (κ3) is 10.4. The zero-order chi connectivity index (χ0) is 8.91. The van der Waals surface area contributed by atoms with Crippen molar-refractivity contribution in [1.82, 2.24) is 5.32 Å². The fourth-order valence-electron chi connectivity index (χ4n) is 0.392. The predicted molar refractivity (Wildman–Crippen MR) is 50.1 cm³/mol. The minimum absolute atomic E-state index is 0.140. The van der Waals surface area contributed by atoms with Gasteiger partial charge in [-0.3, -0.25) is 4.79 Å². The number of hydrogen-bond donors (Lipinski definition) is 3. The summed E-state index contributed by atoms with van der Waals surface area (Å²) in [7, 11) is 0. The van der Waals surface area contributed by atoms with E-state index in [0.29, 0.717) is 6.54 Å². The first kappa shape index (κ1) is 11.4. The molecule has 1 atom stereocenters. The molecule has 0 aromatic heterocycles. The third-order valence-electron chi connectivity index (χ3n) is 0.735. The molecule has 0 bridgehead atoms. The quantitative estimate of drug-likeness (QED) is 0.358. The highest BCUT2D eigenvalue weighted by molar-refractivity contribution is 8.59. The van der Waals surface area contributed by atoms with Gasteiger partial charge in [-0.15, -0.1) is 0 Å². The summed E-state index contributed by atoms with van der Waals surface area (Å²) >= 11 is 8.09. The van der Waals surface area contributed by atoms with Crippen molar-refractivity contribution in [2.24, 2.45) is 0 Å². The van der Waals surface area contributed by atoms with E-state index in [1.165, 1.54) is 6.92 Å². The molecule has 0 aliphatic heterocycles. The maximum Gasteiger partial charge on any atom is 0.241 e. The summed E-state index contributed by atoms with van der Waals surface area (Å²) in [5.41, 5.74) is -2.85. The molecular formula is C4H10NO3PS2. The van der Waals surface area contributed by atoms with Crippen LogP contribution in [0.2, 0.25) is 0 Å². The number of thiol groups is 1. The molecule has 0 radical (unpaired) electrons. The fraction of sp³-hybridized carbons (Fsp3) is 0.750. The van der Waals surface area contributed by atoms with Gasteiger partial charge in [0.15, 0.2) is 0 Å². The topological polar surface area (TPSA) is 58.6 Å². The molecule has 2 N–H and O–H groups in total. The smallest absolute Gasteiger partial charge is 0.241 e. The molecule has 0 saturated carbocycles. The van der Waals surface area contributed by atoms with Crippen molar-refractivity contribution < 1.29 is 14.2 Å². The lowest BCUT2D eigenvalue weighted by Crippen LogP contribution is -2.23. The number of nitrogens with one attached hydrogen (secondary N) is 1. The van der Waals surface area contributed by atoms with Crippen LogP contribution in [0, 0.1) is 0 Å².